The number of rotatable bonds is 4. The van der Waals surface area contributed by atoms with E-state index in [1.165, 1.54) is 36.6 Å². The zero-order valence-corrected chi connectivity index (χ0v) is 10.9. The van der Waals surface area contributed by atoms with Crippen molar-refractivity contribution in [1.82, 2.24) is 0 Å². The van der Waals surface area contributed by atoms with Gasteiger partial charge in [-0.15, -0.1) is 0 Å². The molecule has 0 fully saturated rings. The molecule has 2 rings (SSSR count). The Bertz CT molecular complexity index is 662. The van der Waals surface area contributed by atoms with E-state index in [1.807, 2.05) is 0 Å². The molecular weight excluding hydrogens is 282 g/mol. The number of anilines is 1. The van der Waals surface area contributed by atoms with Gasteiger partial charge in [0.15, 0.2) is 0 Å². The van der Waals surface area contributed by atoms with E-state index in [1.54, 1.807) is 12.1 Å². The number of hydrogen-bond donors (Lipinski definition) is 1. The molecule has 1 amide bonds. The molecule has 0 bridgehead atoms. The van der Waals surface area contributed by atoms with E-state index < -0.39 is 11.9 Å². The minimum atomic E-state index is -1.42. The molecule has 0 aliphatic rings. The largest absolute Gasteiger partial charge is 0.545 e. The summed E-state index contributed by atoms with van der Waals surface area (Å²) in [6.45, 7) is 0. The molecule has 0 spiro atoms. The van der Waals surface area contributed by atoms with Crippen molar-refractivity contribution in [3.8, 4) is 0 Å². The number of carboxylic acids is 1. The van der Waals surface area contributed by atoms with Gasteiger partial charge in [-0.1, -0.05) is 11.6 Å². The predicted octanol–water partition coefficient (Wildman–Crippen LogP) is 1.95. The van der Waals surface area contributed by atoms with Crippen LogP contribution in [0.1, 0.15) is 16.1 Å². The molecule has 0 saturated carbocycles. The molecular formula is C14H9ClNO4-. The van der Waals surface area contributed by atoms with E-state index in [0.717, 1.165) is 0 Å². The maximum Gasteiger partial charge on any atom is 0.248 e. The van der Waals surface area contributed by atoms with Crippen LogP contribution in [0.5, 0.6) is 0 Å². The van der Waals surface area contributed by atoms with E-state index >= 15 is 0 Å². The second kappa shape index (κ2) is 6.08. The lowest BCUT2D eigenvalue weighted by Crippen LogP contribution is -2.24. The molecule has 2 aromatic rings. The summed E-state index contributed by atoms with van der Waals surface area (Å²) in [5.41, 5.74) is -0.0688. The van der Waals surface area contributed by atoms with E-state index in [0.29, 0.717) is 5.76 Å². The molecule has 0 saturated heterocycles. The summed E-state index contributed by atoms with van der Waals surface area (Å²) in [6.07, 6.45) is 4.17. The summed E-state index contributed by atoms with van der Waals surface area (Å²) >= 11 is 5.70. The lowest BCUT2D eigenvalue weighted by molar-refractivity contribution is -0.254. The van der Waals surface area contributed by atoms with Gasteiger partial charge in [-0.2, -0.15) is 0 Å². The van der Waals surface area contributed by atoms with Crippen LogP contribution in [0.25, 0.3) is 6.08 Å². The highest BCUT2D eigenvalue weighted by atomic mass is 35.5. The third-order valence-electron chi connectivity index (χ3n) is 2.40. The van der Waals surface area contributed by atoms with Crippen molar-refractivity contribution in [1.29, 1.82) is 0 Å². The van der Waals surface area contributed by atoms with Crippen molar-refractivity contribution in [3.05, 3.63) is 59.0 Å². The van der Waals surface area contributed by atoms with Crippen molar-refractivity contribution in [3.63, 3.8) is 0 Å². The number of hydrogen-bond acceptors (Lipinski definition) is 4. The SMILES string of the molecule is O=C(/C=C/c1ccco1)Nc1ccc(Cl)cc1C(=O)[O-]. The van der Waals surface area contributed by atoms with Crippen molar-refractivity contribution < 1.29 is 19.1 Å². The highest BCUT2D eigenvalue weighted by Crippen LogP contribution is 2.20. The fourth-order valence-corrected chi connectivity index (χ4v) is 1.68. The zero-order chi connectivity index (χ0) is 14.5. The molecule has 1 N–H and O–H groups in total. The van der Waals surface area contributed by atoms with Crippen LogP contribution in [0.15, 0.2) is 47.1 Å². The molecule has 1 aromatic carbocycles. The van der Waals surface area contributed by atoms with Crippen molar-refractivity contribution in [2.75, 3.05) is 5.32 Å². The topological polar surface area (TPSA) is 82.4 Å². The second-order valence-electron chi connectivity index (χ2n) is 3.82. The van der Waals surface area contributed by atoms with Crippen LogP contribution in [-0.4, -0.2) is 11.9 Å². The molecule has 0 atom stereocenters. The molecule has 0 aliphatic carbocycles. The van der Waals surface area contributed by atoms with E-state index in [-0.39, 0.29) is 16.3 Å². The average Bonchev–Trinajstić information content (AvgIpc) is 2.91. The van der Waals surface area contributed by atoms with Crippen LogP contribution in [0.3, 0.4) is 0 Å². The Balaban J connectivity index is 2.13. The first-order valence-electron chi connectivity index (χ1n) is 5.60. The number of aromatic carboxylic acids is 1. The summed E-state index contributed by atoms with van der Waals surface area (Å²) in [4.78, 5) is 22.6. The maximum atomic E-state index is 11.7. The summed E-state index contributed by atoms with van der Waals surface area (Å²) in [6, 6.07) is 7.44. The minimum Gasteiger partial charge on any atom is -0.545 e. The van der Waals surface area contributed by atoms with Crippen LogP contribution in [0.2, 0.25) is 5.02 Å². The van der Waals surface area contributed by atoms with Gasteiger partial charge in [0.2, 0.25) is 5.91 Å². The van der Waals surface area contributed by atoms with E-state index in [4.69, 9.17) is 16.0 Å². The standard InChI is InChI=1S/C14H10ClNO4/c15-9-3-5-12(11(8-9)14(18)19)16-13(17)6-4-10-2-1-7-20-10/h1-8H,(H,16,17)(H,18,19)/p-1/b6-4+. The summed E-state index contributed by atoms with van der Waals surface area (Å²) in [5, 5.41) is 13.6. The molecule has 5 nitrogen and oxygen atoms in total. The fraction of sp³-hybridized carbons (Fsp3) is 0. The van der Waals surface area contributed by atoms with Gasteiger partial charge in [-0.05, 0) is 36.4 Å². The Hall–Kier alpha value is -2.53. The van der Waals surface area contributed by atoms with Crippen molar-refractivity contribution >= 4 is 35.2 Å². The smallest absolute Gasteiger partial charge is 0.248 e. The van der Waals surface area contributed by atoms with Crippen LogP contribution < -0.4 is 10.4 Å². The molecule has 0 aliphatic heterocycles. The normalized spacial score (nSPS) is 10.7. The Kier molecular flexibility index (Phi) is 4.22. The lowest BCUT2D eigenvalue weighted by atomic mass is 10.2. The first-order chi connectivity index (χ1) is 9.56. The number of furan rings is 1. The quantitative estimate of drug-likeness (QED) is 0.873. The molecule has 1 heterocycles. The molecule has 1 aromatic heterocycles. The van der Waals surface area contributed by atoms with Crippen LogP contribution in [0, 0.1) is 0 Å². The van der Waals surface area contributed by atoms with Crippen LogP contribution in [0.4, 0.5) is 5.69 Å². The third-order valence-corrected chi connectivity index (χ3v) is 2.64. The van der Waals surface area contributed by atoms with Gasteiger partial charge in [0.25, 0.3) is 0 Å². The Labute approximate surface area is 119 Å². The average molecular weight is 291 g/mol. The number of carbonyl (C=O) groups is 2. The Morgan fingerprint density at radius 1 is 1.30 bits per heavy atom. The first-order valence-corrected chi connectivity index (χ1v) is 5.97. The monoisotopic (exact) mass is 290 g/mol. The van der Waals surface area contributed by atoms with Gasteiger partial charge in [0, 0.05) is 16.7 Å². The number of halogens is 1. The van der Waals surface area contributed by atoms with Crippen molar-refractivity contribution in [2.24, 2.45) is 0 Å². The molecule has 0 unspecified atom stereocenters. The highest BCUT2D eigenvalue weighted by Gasteiger charge is 2.06. The Morgan fingerprint density at radius 2 is 2.10 bits per heavy atom. The Morgan fingerprint density at radius 3 is 2.75 bits per heavy atom. The fourth-order valence-electron chi connectivity index (χ4n) is 1.51. The molecule has 20 heavy (non-hydrogen) atoms. The van der Waals surface area contributed by atoms with Crippen LogP contribution >= 0.6 is 11.6 Å². The number of carbonyl (C=O) groups excluding carboxylic acids is 2. The first kappa shape index (κ1) is 13.9. The van der Waals surface area contributed by atoms with Crippen LogP contribution in [-0.2, 0) is 4.79 Å². The third kappa shape index (κ3) is 3.49. The number of carboxylic acid groups (broad SMARTS) is 1. The van der Waals surface area contributed by atoms with Gasteiger partial charge >= 0.3 is 0 Å². The summed E-state index contributed by atoms with van der Waals surface area (Å²) in [5.74, 6) is -1.40. The second-order valence-corrected chi connectivity index (χ2v) is 4.25. The van der Waals surface area contributed by atoms with Gasteiger partial charge in [-0.3, -0.25) is 4.79 Å². The van der Waals surface area contributed by atoms with Gasteiger partial charge in [0.1, 0.15) is 5.76 Å². The van der Waals surface area contributed by atoms with Crippen molar-refractivity contribution in [2.45, 2.75) is 0 Å². The molecule has 102 valence electrons. The predicted molar refractivity (Wildman–Crippen MR) is 72.2 cm³/mol. The number of benzene rings is 1. The minimum absolute atomic E-state index is 0.114. The lowest BCUT2D eigenvalue weighted by Gasteiger charge is -2.10. The summed E-state index contributed by atoms with van der Waals surface area (Å²) < 4.78 is 5.02. The highest BCUT2D eigenvalue weighted by molar-refractivity contribution is 6.31. The summed E-state index contributed by atoms with van der Waals surface area (Å²) in [7, 11) is 0. The van der Waals surface area contributed by atoms with Gasteiger partial charge in [0.05, 0.1) is 17.9 Å². The number of nitrogens with one attached hydrogen (secondary N) is 1. The maximum absolute atomic E-state index is 11.7. The number of amides is 1. The van der Waals surface area contributed by atoms with Gasteiger partial charge < -0.3 is 19.6 Å². The zero-order valence-electron chi connectivity index (χ0n) is 10.1. The molecule has 6 heteroatoms. The van der Waals surface area contributed by atoms with Gasteiger partial charge in [-0.25, -0.2) is 0 Å². The molecule has 0 radical (unpaired) electrons. The van der Waals surface area contributed by atoms with E-state index in [9.17, 15) is 14.7 Å². The van der Waals surface area contributed by atoms with E-state index in [2.05, 4.69) is 5.32 Å².